The third-order valence-electron chi connectivity index (χ3n) is 3.90. The first-order valence-corrected chi connectivity index (χ1v) is 7.42. The van der Waals surface area contributed by atoms with Crippen LogP contribution in [0.5, 0.6) is 0 Å². The molecule has 3 rings (SSSR count). The van der Waals surface area contributed by atoms with E-state index in [1.807, 2.05) is 0 Å². The van der Waals surface area contributed by atoms with Gasteiger partial charge in [0.2, 0.25) is 0 Å². The number of H-pyrrole nitrogens is 1. The fourth-order valence-corrected chi connectivity index (χ4v) is 2.83. The number of rotatable bonds is 2. The zero-order chi connectivity index (χ0) is 15.9. The van der Waals surface area contributed by atoms with E-state index in [9.17, 15) is 9.59 Å². The van der Waals surface area contributed by atoms with Gasteiger partial charge in [-0.2, -0.15) is 5.10 Å². The van der Waals surface area contributed by atoms with Crippen LogP contribution in [0.1, 0.15) is 53.0 Å². The number of aromatic nitrogens is 2. The van der Waals surface area contributed by atoms with Crippen molar-refractivity contribution in [1.29, 1.82) is 0 Å². The Balaban J connectivity index is 1.89. The van der Waals surface area contributed by atoms with Crippen molar-refractivity contribution < 1.29 is 9.21 Å². The summed E-state index contributed by atoms with van der Waals surface area (Å²) in [7, 11) is 0. The Morgan fingerprint density at radius 1 is 1.41 bits per heavy atom. The van der Waals surface area contributed by atoms with E-state index < -0.39 is 0 Å². The van der Waals surface area contributed by atoms with Crippen molar-refractivity contribution in [3.8, 4) is 0 Å². The highest BCUT2D eigenvalue weighted by molar-refractivity contribution is 5.91. The smallest absolute Gasteiger partial charge is 0.290 e. The Kier molecular flexibility index (Phi) is 3.60. The lowest BCUT2D eigenvalue weighted by Gasteiger charge is -2.27. The van der Waals surface area contributed by atoms with Gasteiger partial charge in [0.05, 0.1) is 5.69 Å². The van der Waals surface area contributed by atoms with Gasteiger partial charge in [0.1, 0.15) is 5.76 Å². The van der Waals surface area contributed by atoms with Crippen LogP contribution in [-0.2, 0) is 13.0 Å². The van der Waals surface area contributed by atoms with Crippen molar-refractivity contribution in [3.63, 3.8) is 0 Å². The number of hydrogen-bond donors (Lipinski definition) is 1. The molecule has 3 heterocycles. The van der Waals surface area contributed by atoms with E-state index in [-0.39, 0.29) is 17.1 Å². The standard InChI is InChI=1S/C16H19N3O3/c1-9(2)15-12-8-19(5-4-13(12)17-18-15)16(21)14-7-11(20)6-10(3)22-14/h6-7,9H,4-5,8H2,1-3H3,(H,17,18). The van der Waals surface area contributed by atoms with Crippen LogP contribution in [0.3, 0.4) is 0 Å². The topological polar surface area (TPSA) is 79.2 Å². The summed E-state index contributed by atoms with van der Waals surface area (Å²) < 4.78 is 5.41. The lowest BCUT2D eigenvalue weighted by Crippen LogP contribution is -2.36. The van der Waals surface area contributed by atoms with Crippen molar-refractivity contribution >= 4 is 5.91 Å². The maximum Gasteiger partial charge on any atom is 0.290 e. The number of nitrogens with one attached hydrogen (secondary N) is 1. The normalized spacial score (nSPS) is 14.3. The summed E-state index contributed by atoms with van der Waals surface area (Å²) >= 11 is 0. The monoisotopic (exact) mass is 301 g/mol. The number of amides is 1. The van der Waals surface area contributed by atoms with Crippen molar-refractivity contribution in [2.45, 2.75) is 39.7 Å². The van der Waals surface area contributed by atoms with Crippen molar-refractivity contribution in [2.75, 3.05) is 6.54 Å². The van der Waals surface area contributed by atoms with E-state index in [0.29, 0.717) is 24.8 Å². The molecule has 1 aliphatic heterocycles. The molecule has 0 fully saturated rings. The fraction of sp³-hybridized carbons (Fsp3) is 0.438. The van der Waals surface area contributed by atoms with Gasteiger partial charge in [0, 0.05) is 42.9 Å². The quantitative estimate of drug-likeness (QED) is 0.920. The maximum atomic E-state index is 12.6. The molecule has 1 aliphatic rings. The molecule has 0 radical (unpaired) electrons. The van der Waals surface area contributed by atoms with Crippen LogP contribution in [-0.4, -0.2) is 27.5 Å². The van der Waals surface area contributed by atoms with Crippen LogP contribution in [0.25, 0.3) is 0 Å². The Bertz CT molecular complexity index is 773. The van der Waals surface area contributed by atoms with E-state index in [1.165, 1.54) is 12.1 Å². The second kappa shape index (κ2) is 5.44. The molecule has 0 aliphatic carbocycles. The second-order valence-electron chi connectivity index (χ2n) is 5.97. The number of carbonyl (C=O) groups excluding carboxylic acids is 1. The average Bonchev–Trinajstić information content (AvgIpc) is 2.88. The van der Waals surface area contributed by atoms with Gasteiger partial charge >= 0.3 is 0 Å². The SMILES string of the molecule is Cc1cc(=O)cc(C(=O)N2CCc3[nH]nc(C(C)C)c3C2)o1. The number of carbonyl (C=O) groups is 1. The van der Waals surface area contributed by atoms with Crippen LogP contribution in [0.4, 0.5) is 0 Å². The molecule has 0 saturated heterocycles. The minimum atomic E-state index is -0.248. The fourth-order valence-electron chi connectivity index (χ4n) is 2.83. The minimum absolute atomic E-state index is 0.100. The van der Waals surface area contributed by atoms with Gasteiger partial charge in [-0.15, -0.1) is 0 Å². The Morgan fingerprint density at radius 3 is 2.86 bits per heavy atom. The van der Waals surface area contributed by atoms with E-state index >= 15 is 0 Å². The molecule has 2 aromatic rings. The van der Waals surface area contributed by atoms with Crippen LogP contribution >= 0.6 is 0 Å². The summed E-state index contributed by atoms with van der Waals surface area (Å²) in [4.78, 5) is 25.8. The summed E-state index contributed by atoms with van der Waals surface area (Å²) in [6, 6.07) is 2.63. The molecule has 0 atom stereocenters. The molecule has 0 bridgehead atoms. The molecule has 22 heavy (non-hydrogen) atoms. The second-order valence-corrected chi connectivity index (χ2v) is 5.97. The highest BCUT2D eigenvalue weighted by atomic mass is 16.3. The van der Waals surface area contributed by atoms with Gasteiger partial charge in [-0.3, -0.25) is 14.7 Å². The van der Waals surface area contributed by atoms with Gasteiger partial charge in [0.25, 0.3) is 5.91 Å². The average molecular weight is 301 g/mol. The first-order valence-electron chi connectivity index (χ1n) is 7.42. The van der Waals surface area contributed by atoms with Crippen LogP contribution in [0.15, 0.2) is 21.3 Å². The Hall–Kier alpha value is -2.37. The summed E-state index contributed by atoms with van der Waals surface area (Å²) in [5.74, 6) is 0.595. The molecule has 0 unspecified atom stereocenters. The number of hydrogen-bond acceptors (Lipinski definition) is 4. The van der Waals surface area contributed by atoms with E-state index in [0.717, 1.165) is 23.4 Å². The number of fused-ring (bicyclic) bond motifs is 1. The van der Waals surface area contributed by atoms with Crippen molar-refractivity contribution in [3.05, 3.63) is 50.8 Å². The lowest BCUT2D eigenvalue weighted by molar-refractivity contribution is 0.0696. The first kappa shape index (κ1) is 14.6. The van der Waals surface area contributed by atoms with Gasteiger partial charge in [0.15, 0.2) is 11.2 Å². The highest BCUT2D eigenvalue weighted by Gasteiger charge is 2.27. The van der Waals surface area contributed by atoms with Crippen LogP contribution < -0.4 is 5.43 Å². The molecular weight excluding hydrogens is 282 g/mol. The molecule has 1 amide bonds. The third-order valence-corrected chi connectivity index (χ3v) is 3.90. The van der Waals surface area contributed by atoms with Crippen LogP contribution in [0, 0.1) is 6.92 Å². The first-order chi connectivity index (χ1) is 10.5. The van der Waals surface area contributed by atoms with E-state index in [1.54, 1.807) is 11.8 Å². The molecule has 116 valence electrons. The molecule has 0 spiro atoms. The molecule has 1 N–H and O–H groups in total. The van der Waals surface area contributed by atoms with Gasteiger partial charge in [-0.1, -0.05) is 13.8 Å². The third kappa shape index (κ3) is 2.56. The van der Waals surface area contributed by atoms with Crippen LogP contribution in [0.2, 0.25) is 0 Å². The summed E-state index contributed by atoms with van der Waals surface area (Å²) in [6.07, 6.45) is 0.733. The summed E-state index contributed by atoms with van der Waals surface area (Å²) in [5, 5.41) is 7.42. The largest absolute Gasteiger partial charge is 0.456 e. The van der Waals surface area contributed by atoms with Crippen molar-refractivity contribution in [1.82, 2.24) is 15.1 Å². The van der Waals surface area contributed by atoms with Gasteiger partial charge < -0.3 is 9.32 Å². The maximum absolute atomic E-state index is 12.6. The molecule has 6 nitrogen and oxygen atoms in total. The molecule has 0 saturated carbocycles. The number of aryl methyl sites for hydroxylation is 1. The van der Waals surface area contributed by atoms with Crippen molar-refractivity contribution in [2.24, 2.45) is 0 Å². The summed E-state index contributed by atoms with van der Waals surface area (Å²) in [6.45, 7) is 6.91. The minimum Gasteiger partial charge on any atom is -0.456 e. The van der Waals surface area contributed by atoms with Gasteiger partial charge in [-0.05, 0) is 12.8 Å². The molecular formula is C16H19N3O3. The predicted octanol–water partition coefficient (Wildman–Crippen LogP) is 1.99. The number of nitrogens with zero attached hydrogens (tertiary/aromatic N) is 2. The Labute approximate surface area is 128 Å². The highest BCUT2D eigenvalue weighted by Crippen LogP contribution is 2.26. The van der Waals surface area contributed by atoms with E-state index in [4.69, 9.17) is 4.42 Å². The van der Waals surface area contributed by atoms with E-state index in [2.05, 4.69) is 24.0 Å². The number of aromatic amines is 1. The molecule has 0 aromatic carbocycles. The zero-order valence-corrected chi connectivity index (χ0v) is 13.0. The van der Waals surface area contributed by atoms with Gasteiger partial charge in [-0.25, -0.2) is 0 Å². The molecule has 6 heteroatoms. The predicted molar refractivity (Wildman–Crippen MR) is 80.8 cm³/mol. The summed E-state index contributed by atoms with van der Waals surface area (Å²) in [5.41, 5.74) is 2.97. The Morgan fingerprint density at radius 2 is 2.18 bits per heavy atom. The lowest BCUT2D eigenvalue weighted by atomic mass is 9.99. The molecule has 2 aromatic heterocycles. The zero-order valence-electron chi connectivity index (χ0n) is 13.0.